The van der Waals surface area contributed by atoms with E-state index >= 15 is 0 Å². The fraction of sp³-hybridized carbons (Fsp3) is 0.200. The molecule has 3 rings (SSSR count). The van der Waals surface area contributed by atoms with Gasteiger partial charge in [-0.15, -0.1) is 0 Å². The minimum Gasteiger partial charge on any atom is -0.0991 e. The molecular weight excluding hydrogens is 300 g/mol. The zero-order valence-electron chi connectivity index (χ0n) is 15.6. The number of rotatable bonds is 3. The van der Waals surface area contributed by atoms with Crippen LogP contribution in [0.1, 0.15) is 38.8 Å². The van der Waals surface area contributed by atoms with Gasteiger partial charge in [-0.1, -0.05) is 94.1 Å². The number of hydrogen-bond acceptors (Lipinski definition) is 0. The third kappa shape index (κ3) is 3.58. The molecule has 25 heavy (non-hydrogen) atoms. The molecule has 0 unspecified atom stereocenters. The molecule has 0 atom stereocenters. The first-order valence-corrected chi connectivity index (χ1v) is 8.83. The molecule has 0 N–H and O–H groups in total. The second-order valence-corrected chi connectivity index (χ2v) is 7.65. The zero-order chi connectivity index (χ0) is 18.0. The van der Waals surface area contributed by atoms with Crippen LogP contribution >= 0.6 is 0 Å². The Morgan fingerprint density at radius 3 is 2.28 bits per heavy atom. The fourth-order valence-corrected chi connectivity index (χ4v) is 3.20. The van der Waals surface area contributed by atoms with Crippen molar-refractivity contribution in [3.8, 4) is 11.1 Å². The highest BCUT2D eigenvalue weighted by molar-refractivity contribution is 5.98. The Hall–Kier alpha value is -2.60. The molecule has 3 aromatic carbocycles. The summed E-state index contributed by atoms with van der Waals surface area (Å²) in [7, 11) is 0. The molecule has 0 aromatic heterocycles. The maximum atomic E-state index is 3.79. The lowest BCUT2D eigenvalue weighted by Crippen LogP contribution is -2.10. The molecule has 0 aliphatic carbocycles. The van der Waals surface area contributed by atoms with E-state index < -0.39 is 0 Å². The standard InChI is InChI=1S/C25H26/c1-6-8-18(2)20-13-16-24-21(17-20)9-7-10-23(24)19-11-14-22(15-12-19)25(3,4)5/h6-17H,1H2,2-5H3. The summed E-state index contributed by atoms with van der Waals surface area (Å²) >= 11 is 0. The van der Waals surface area contributed by atoms with Gasteiger partial charge in [0, 0.05) is 0 Å². The normalized spacial score (nSPS) is 12.4. The van der Waals surface area contributed by atoms with Crippen LogP contribution in [-0.2, 0) is 5.41 Å². The molecule has 0 radical (unpaired) electrons. The predicted molar refractivity (Wildman–Crippen MR) is 112 cm³/mol. The minimum absolute atomic E-state index is 0.182. The predicted octanol–water partition coefficient (Wildman–Crippen LogP) is 7.39. The lowest BCUT2D eigenvalue weighted by atomic mass is 9.86. The number of allylic oxidation sites excluding steroid dienone is 3. The quantitative estimate of drug-likeness (QED) is 0.440. The number of benzene rings is 3. The Balaban J connectivity index is 2.08. The van der Waals surface area contributed by atoms with Gasteiger partial charge in [0.25, 0.3) is 0 Å². The Morgan fingerprint density at radius 2 is 1.64 bits per heavy atom. The largest absolute Gasteiger partial charge is 0.0991 e. The molecule has 0 saturated carbocycles. The summed E-state index contributed by atoms with van der Waals surface area (Å²) in [5.41, 5.74) is 6.58. The second kappa shape index (κ2) is 6.72. The molecule has 0 heteroatoms. The maximum absolute atomic E-state index is 3.79. The highest BCUT2D eigenvalue weighted by Crippen LogP contribution is 2.32. The Kier molecular flexibility index (Phi) is 4.63. The second-order valence-electron chi connectivity index (χ2n) is 7.65. The van der Waals surface area contributed by atoms with Crippen LogP contribution in [0.2, 0.25) is 0 Å². The van der Waals surface area contributed by atoms with Crippen LogP contribution in [0.15, 0.2) is 79.4 Å². The molecule has 0 amide bonds. The third-order valence-electron chi connectivity index (χ3n) is 4.77. The Morgan fingerprint density at radius 1 is 0.920 bits per heavy atom. The van der Waals surface area contributed by atoms with Gasteiger partial charge in [-0.05, 0) is 57.0 Å². The van der Waals surface area contributed by atoms with E-state index in [1.807, 2.05) is 6.08 Å². The van der Waals surface area contributed by atoms with E-state index in [1.165, 1.54) is 38.6 Å². The monoisotopic (exact) mass is 326 g/mol. The van der Waals surface area contributed by atoms with Crippen molar-refractivity contribution in [2.75, 3.05) is 0 Å². The van der Waals surface area contributed by atoms with Crippen molar-refractivity contribution in [1.82, 2.24) is 0 Å². The summed E-state index contributed by atoms with van der Waals surface area (Å²) in [6.45, 7) is 12.7. The maximum Gasteiger partial charge on any atom is -0.0105 e. The van der Waals surface area contributed by atoms with Crippen LogP contribution < -0.4 is 0 Å². The van der Waals surface area contributed by atoms with Crippen LogP contribution in [0.3, 0.4) is 0 Å². The highest BCUT2D eigenvalue weighted by Gasteiger charge is 2.13. The molecule has 0 heterocycles. The van der Waals surface area contributed by atoms with Gasteiger partial charge in [-0.2, -0.15) is 0 Å². The third-order valence-corrected chi connectivity index (χ3v) is 4.77. The van der Waals surface area contributed by atoms with Gasteiger partial charge in [0.05, 0.1) is 0 Å². The Bertz CT molecular complexity index is 932. The molecule has 126 valence electrons. The zero-order valence-corrected chi connectivity index (χ0v) is 15.6. The summed E-state index contributed by atoms with van der Waals surface area (Å²) in [4.78, 5) is 0. The van der Waals surface area contributed by atoms with Crippen LogP contribution in [0, 0.1) is 0 Å². The van der Waals surface area contributed by atoms with E-state index in [2.05, 4.69) is 101 Å². The van der Waals surface area contributed by atoms with E-state index in [1.54, 1.807) is 0 Å². The lowest BCUT2D eigenvalue weighted by Gasteiger charge is -2.19. The molecule has 0 nitrogen and oxygen atoms in total. The highest BCUT2D eigenvalue weighted by atomic mass is 14.2. The average molecular weight is 326 g/mol. The molecular formula is C25H26. The molecule has 3 aromatic rings. The van der Waals surface area contributed by atoms with Crippen LogP contribution in [-0.4, -0.2) is 0 Å². The van der Waals surface area contributed by atoms with Crippen molar-refractivity contribution in [2.45, 2.75) is 33.1 Å². The van der Waals surface area contributed by atoms with E-state index in [-0.39, 0.29) is 5.41 Å². The van der Waals surface area contributed by atoms with Crippen molar-refractivity contribution in [2.24, 2.45) is 0 Å². The fourth-order valence-electron chi connectivity index (χ4n) is 3.20. The lowest BCUT2D eigenvalue weighted by molar-refractivity contribution is 0.590. The topological polar surface area (TPSA) is 0 Å². The van der Waals surface area contributed by atoms with Gasteiger partial charge >= 0.3 is 0 Å². The van der Waals surface area contributed by atoms with Crippen LogP contribution in [0.5, 0.6) is 0 Å². The van der Waals surface area contributed by atoms with Gasteiger partial charge in [0.2, 0.25) is 0 Å². The van der Waals surface area contributed by atoms with E-state index in [4.69, 9.17) is 0 Å². The first-order chi connectivity index (χ1) is 11.9. The summed E-state index contributed by atoms with van der Waals surface area (Å²) in [6, 6.07) is 22.2. The number of hydrogen-bond donors (Lipinski definition) is 0. The summed E-state index contributed by atoms with van der Waals surface area (Å²) in [5.74, 6) is 0. The molecule has 0 bridgehead atoms. The van der Waals surface area contributed by atoms with Crippen LogP contribution in [0.25, 0.3) is 27.5 Å². The van der Waals surface area contributed by atoms with Crippen LogP contribution in [0.4, 0.5) is 0 Å². The molecule has 0 spiro atoms. The SMILES string of the molecule is C=CC=C(C)c1ccc2c(-c3ccc(C(C)(C)C)cc3)cccc2c1. The average Bonchev–Trinajstić information content (AvgIpc) is 2.60. The van der Waals surface area contributed by atoms with Gasteiger partial charge < -0.3 is 0 Å². The molecule has 0 saturated heterocycles. The Labute approximate surface area is 151 Å². The first-order valence-electron chi connectivity index (χ1n) is 8.83. The molecule has 0 fully saturated rings. The van der Waals surface area contributed by atoms with Crippen molar-refractivity contribution in [3.05, 3.63) is 90.5 Å². The number of fused-ring (bicyclic) bond motifs is 1. The minimum atomic E-state index is 0.182. The van der Waals surface area contributed by atoms with E-state index in [0.717, 1.165) is 0 Å². The van der Waals surface area contributed by atoms with E-state index in [9.17, 15) is 0 Å². The molecule has 0 aliphatic heterocycles. The van der Waals surface area contributed by atoms with Gasteiger partial charge in [0.1, 0.15) is 0 Å². The smallest absolute Gasteiger partial charge is 0.0105 e. The summed E-state index contributed by atoms with van der Waals surface area (Å²) in [5, 5.41) is 2.56. The molecule has 0 aliphatic rings. The van der Waals surface area contributed by atoms with Crippen molar-refractivity contribution < 1.29 is 0 Å². The van der Waals surface area contributed by atoms with Crippen molar-refractivity contribution in [1.29, 1.82) is 0 Å². The van der Waals surface area contributed by atoms with Gasteiger partial charge in [-0.25, -0.2) is 0 Å². The summed E-state index contributed by atoms with van der Waals surface area (Å²) in [6.07, 6.45) is 3.89. The van der Waals surface area contributed by atoms with Crippen molar-refractivity contribution in [3.63, 3.8) is 0 Å². The van der Waals surface area contributed by atoms with Gasteiger partial charge in [-0.3, -0.25) is 0 Å². The van der Waals surface area contributed by atoms with E-state index in [0.29, 0.717) is 0 Å². The van der Waals surface area contributed by atoms with Gasteiger partial charge in [0.15, 0.2) is 0 Å². The summed E-state index contributed by atoms with van der Waals surface area (Å²) < 4.78 is 0. The van der Waals surface area contributed by atoms with Crippen molar-refractivity contribution >= 4 is 16.3 Å². The first kappa shape index (κ1) is 17.2.